The van der Waals surface area contributed by atoms with E-state index in [2.05, 4.69) is 5.32 Å². The second-order valence-corrected chi connectivity index (χ2v) is 10.9. The minimum absolute atomic E-state index is 0.150. The van der Waals surface area contributed by atoms with Crippen molar-refractivity contribution in [3.8, 4) is 0 Å². The Morgan fingerprint density at radius 3 is 2.43 bits per heavy atom. The molecule has 2 fully saturated rings. The van der Waals surface area contributed by atoms with E-state index in [1.807, 2.05) is 13.8 Å². The molecule has 30 heavy (non-hydrogen) atoms. The minimum Gasteiger partial charge on any atom is -0.352 e. The maximum Gasteiger partial charge on any atom is 0.264 e. The van der Waals surface area contributed by atoms with Crippen LogP contribution in [0, 0.1) is 25.7 Å². The number of carbonyl (C=O) groups is 1. The molecular formula is C23H27ClN2O3S. The summed E-state index contributed by atoms with van der Waals surface area (Å²) in [5, 5.41) is 3.55. The molecule has 0 heterocycles. The standard InChI is InChI=1S/C23H27ClN2O3S/c1-15-3-9-20(10-4-15)30(28,29)26(19-8-5-16(2)21(24)13-19)14-23(27)25-22-12-17-6-7-18(22)11-17/h3-5,8-10,13,17-18,22H,6-7,11-12,14H2,1-2H3,(H,25,27)/t17-,18-,22-/m0/s1. The summed E-state index contributed by atoms with van der Waals surface area (Å²) in [7, 11) is -3.93. The Kier molecular flexibility index (Phi) is 5.82. The number of benzene rings is 2. The van der Waals surface area contributed by atoms with Crippen molar-refractivity contribution >= 4 is 33.2 Å². The molecule has 160 valence electrons. The Labute approximate surface area is 183 Å². The monoisotopic (exact) mass is 446 g/mol. The van der Waals surface area contributed by atoms with E-state index >= 15 is 0 Å². The zero-order valence-electron chi connectivity index (χ0n) is 17.3. The fraction of sp³-hybridized carbons (Fsp3) is 0.435. The Hall–Kier alpha value is -2.05. The molecule has 2 saturated carbocycles. The Morgan fingerprint density at radius 2 is 1.83 bits per heavy atom. The summed E-state index contributed by atoms with van der Waals surface area (Å²) < 4.78 is 28.0. The predicted molar refractivity (Wildman–Crippen MR) is 119 cm³/mol. The fourth-order valence-electron chi connectivity index (χ4n) is 4.69. The molecule has 0 aromatic heterocycles. The molecule has 2 aliphatic rings. The number of sulfonamides is 1. The van der Waals surface area contributed by atoms with Crippen LogP contribution in [0.4, 0.5) is 5.69 Å². The van der Waals surface area contributed by atoms with Crippen molar-refractivity contribution in [2.45, 2.75) is 50.5 Å². The second kappa shape index (κ2) is 8.23. The zero-order chi connectivity index (χ0) is 21.5. The molecule has 5 nitrogen and oxygen atoms in total. The second-order valence-electron chi connectivity index (χ2n) is 8.61. The molecular weight excluding hydrogens is 420 g/mol. The first-order valence-corrected chi connectivity index (χ1v) is 12.2. The van der Waals surface area contributed by atoms with Crippen LogP contribution in [0.1, 0.15) is 36.8 Å². The average molecular weight is 447 g/mol. The molecule has 2 aliphatic carbocycles. The molecule has 1 amide bonds. The molecule has 0 aliphatic heterocycles. The maximum absolute atomic E-state index is 13.4. The van der Waals surface area contributed by atoms with E-state index in [0.29, 0.717) is 22.5 Å². The number of rotatable bonds is 6. The number of carbonyl (C=O) groups excluding carboxylic acids is 1. The van der Waals surface area contributed by atoms with Crippen molar-refractivity contribution in [2.24, 2.45) is 11.8 Å². The molecule has 7 heteroatoms. The normalized spacial score (nSPS) is 22.8. The van der Waals surface area contributed by atoms with Gasteiger partial charge in [0.1, 0.15) is 6.54 Å². The van der Waals surface area contributed by atoms with Crippen molar-refractivity contribution < 1.29 is 13.2 Å². The number of hydrogen-bond acceptors (Lipinski definition) is 3. The largest absolute Gasteiger partial charge is 0.352 e. The maximum atomic E-state index is 13.4. The molecule has 2 bridgehead atoms. The highest BCUT2D eigenvalue weighted by molar-refractivity contribution is 7.92. The van der Waals surface area contributed by atoms with Crippen molar-refractivity contribution in [1.29, 1.82) is 0 Å². The van der Waals surface area contributed by atoms with Gasteiger partial charge in [-0.1, -0.05) is 41.8 Å². The van der Waals surface area contributed by atoms with Crippen molar-refractivity contribution in [3.63, 3.8) is 0 Å². The zero-order valence-corrected chi connectivity index (χ0v) is 18.8. The number of hydrogen-bond donors (Lipinski definition) is 1. The van der Waals surface area contributed by atoms with Gasteiger partial charge >= 0.3 is 0 Å². The van der Waals surface area contributed by atoms with Crippen molar-refractivity contribution in [2.75, 3.05) is 10.8 Å². The smallest absolute Gasteiger partial charge is 0.264 e. The van der Waals surface area contributed by atoms with E-state index in [1.165, 1.54) is 12.8 Å². The molecule has 2 aromatic carbocycles. The highest BCUT2D eigenvalue weighted by Crippen LogP contribution is 2.44. The number of fused-ring (bicyclic) bond motifs is 2. The molecule has 0 radical (unpaired) electrons. The molecule has 4 rings (SSSR count). The SMILES string of the molecule is Cc1ccc(S(=O)(=O)N(CC(=O)N[C@H]2C[C@H]3CC[C@H]2C3)c2ccc(C)c(Cl)c2)cc1. The number of nitrogens with zero attached hydrogens (tertiary/aromatic N) is 1. The van der Waals surface area contributed by atoms with Crippen LogP contribution in [0.15, 0.2) is 47.4 Å². The average Bonchev–Trinajstić information content (AvgIpc) is 3.32. The quantitative estimate of drug-likeness (QED) is 0.712. The summed E-state index contributed by atoms with van der Waals surface area (Å²) in [5.74, 6) is 0.943. The van der Waals surface area contributed by atoms with Gasteiger partial charge in [0, 0.05) is 11.1 Å². The lowest BCUT2D eigenvalue weighted by Crippen LogP contribution is -2.46. The molecule has 0 unspecified atom stereocenters. The third-order valence-electron chi connectivity index (χ3n) is 6.42. The lowest BCUT2D eigenvalue weighted by molar-refractivity contribution is -0.120. The van der Waals surface area contributed by atoms with E-state index in [-0.39, 0.29) is 23.4 Å². The number of aryl methyl sites for hydroxylation is 2. The lowest BCUT2D eigenvalue weighted by Gasteiger charge is -2.27. The van der Waals surface area contributed by atoms with Gasteiger partial charge in [-0.15, -0.1) is 0 Å². The van der Waals surface area contributed by atoms with Crippen LogP contribution in [0.3, 0.4) is 0 Å². The van der Waals surface area contributed by atoms with Gasteiger partial charge in [0.05, 0.1) is 10.6 Å². The first-order valence-electron chi connectivity index (χ1n) is 10.4. The summed E-state index contributed by atoms with van der Waals surface area (Å²) in [6.07, 6.45) is 4.56. The van der Waals surface area contributed by atoms with Gasteiger partial charge in [0.2, 0.25) is 5.91 Å². The summed E-state index contributed by atoms with van der Waals surface area (Å²) >= 11 is 6.27. The highest BCUT2D eigenvalue weighted by atomic mass is 35.5. The van der Waals surface area contributed by atoms with Crippen LogP contribution < -0.4 is 9.62 Å². The van der Waals surface area contributed by atoms with Crippen LogP contribution in [0.5, 0.6) is 0 Å². The van der Waals surface area contributed by atoms with E-state index in [0.717, 1.165) is 28.3 Å². The third kappa shape index (κ3) is 4.21. The fourth-order valence-corrected chi connectivity index (χ4v) is 6.28. The van der Waals surface area contributed by atoms with Gasteiger partial charge in [-0.3, -0.25) is 9.10 Å². The van der Waals surface area contributed by atoms with Gasteiger partial charge in [-0.2, -0.15) is 0 Å². The van der Waals surface area contributed by atoms with E-state index < -0.39 is 10.0 Å². The van der Waals surface area contributed by atoms with Crippen LogP contribution in [-0.4, -0.2) is 26.9 Å². The summed E-state index contributed by atoms with van der Waals surface area (Å²) in [4.78, 5) is 13.0. The van der Waals surface area contributed by atoms with Crippen LogP contribution in [0.25, 0.3) is 0 Å². The van der Waals surface area contributed by atoms with Gasteiger partial charge < -0.3 is 5.32 Å². The summed E-state index contributed by atoms with van der Waals surface area (Å²) in [6, 6.07) is 11.9. The lowest BCUT2D eigenvalue weighted by atomic mass is 9.95. The summed E-state index contributed by atoms with van der Waals surface area (Å²) in [6.45, 7) is 3.48. The number of nitrogens with one attached hydrogen (secondary N) is 1. The summed E-state index contributed by atoms with van der Waals surface area (Å²) in [5.41, 5.74) is 2.20. The Bertz CT molecular complexity index is 1050. The van der Waals surface area contributed by atoms with Crippen molar-refractivity contribution in [1.82, 2.24) is 5.32 Å². The van der Waals surface area contributed by atoms with Gasteiger partial charge in [0.15, 0.2) is 0 Å². The Morgan fingerprint density at radius 1 is 1.10 bits per heavy atom. The number of halogens is 1. The van der Waals surface area contributed by atoms with Gasteiger partial charge in [-0.25, -0.2) is 8.42 Å². The predicted octanol–water partition coefficient (Wildman–Crippen LogP) is 4.46. The first kappa shape index (κ1) is 21.2. The molecule has 3 atom stereocenters. The third-order valence-corrected chi connectivity index (χ3v) is 8.62. The van der Waals surface area contributed by atoms with E-state index in [1.54, 1.807) is 42.5 Å². The molecule has 0 saturated heterocycles. The van der Waals surface area contributed by atoms with Crippen LogP contribution in [-0.2, 0) is 14.8 Å². The number of anilines is 1. The first-order chi connectivity index (χ1) is 14.2. The van der Waals surface area contributed by atoms with E-state index in [4.69, 9.17) is 11.6 Å². The van der Waals surface area contributed by atoms with Gasteiger partial charge in [0.25, 0.3) is 10.0 Å². The van der Waals surface area contributed by atoms with Crippen LogP contribution >= 0.6 is 11.6 Å². The van der Waals surface area contributed by atoms with E-state index in [9.17, 15) is 13.2 Å². The minimum atomic E-state index is -3.93. The van der Waals surface area contributed by atoms with Gasteiger partial charge in [-0.05, 0) is 74.8 Å². The highest BCUT2D eigenvalue weighted by Gasteiger charge is 2.40. The van der Waals surface area contributed by atoms with Crippen molar-refractivity contribution in [3.05, 3.63) is 58.6 Å². The topological polar surface area (TPSA) is 66.5 Å². The molecule has 1 N–H and O–H groups in total. The van der Waals surface area contributed by atoms with Crippen LogP contribution in [0.2, 0.25) is 5.02 Å². The Balaban J connectivity index is 1.62. The molecule has 2 aromatic rings. The molecule has 0 spiro atoms. The number of amides is 1.